The Bertz CT molecular complexity index is 686. The highest BCUT2D eigenvalue weighted by molar-refractivity contribution is 5.39. The molecule has 0 fully saturated rings. The van der Waals surface area contributed by atoms with E-state index >= 15 is 0 Å². The van der Waals surface area contributed by atoms with Crippen LogP contribution in [0.1, 0.15) is 17.2 Å². The SMILES string of the molecule is COc1cccc([C@@H](OC(F)(F)F)c2ccc([N+](=O)[O-])cc2)c1. The lowest BCUT2D eigenvalue weighted by atomic mass is 10.0. The number of non-ortho nitro benzene ring substituents is 1. The van der Waals surface area contributed by atoms with Crippen molar-refractivity contribution >= 4 is 5.69 Å². The number of rotatable bonds is 5. The van der Waals surface area contributed by atoms with Crippen molar-refractivity contribution in [1.82, 2.24) is 0 Å². The first-order valence-corrected chi connectivity index (χ1v) is 6.43. The summed E-state index contributed by atoms with van der Waals surface area (Å²) in [4.78, 5) is 10.0. The molecule has 0 saturated heterocycles. The van der Waals surface area contributed by atoms with Crippen LogP contribution in [0.5, 0.6) is 5.75 Å². The van der Waals surface area contributed by atoms with E-state index in [1.807, 2.05) is 0 Å². The lowest BCUT2D eigenvalue weighted by molar-refractivity contribution is -0.384. The van der Waals surface area contributed by atoms with E-state index in [0.29, 0.717) is 5.75 Å². The van der Waals surface area contributed by atoms with E-state index in [1.165, 1.54) is 37.4 Å². The molecule has 0 spiro atoms. The molecular formula is C15H12F3NO4. The number of nitro groups is 1. The second-order valence-corrected chi connectivity index (χ2v) is 4.57. The predicted molar refractivity (Wildman–Crippen MR) is 75.1 cm³/mol. The summed E-state index contributed by atoms with van der Waals surface area (Å²) >= 11 is 0. The van der Waals surface area contributed by atoms with Crippen LogP contribution in [0.15, 0.2) is 48.5 Å². The molecule has 2 rings (SSSR count). The smallest absolute Gasteiger partial charge is 0.497 e. The Morgan fingerprint density at radius 2 is 1.74 bits per heavy atom. The maximum atomic E-state index is 12.7. The Morgan fingerprint density at radius 1 is 1.09 bits per heavy atom. The first-order valence-electron chi connectivity index (χ1n) is 6.43. The Balaban J connectivity index is 2.42. The first-order chi connectivity index (χ1) is 10.8. The Kier molecular flexibility index (Phi) is 4.85. The van der Waals surface area contributed by atoms with Gasteiger partial charge in [0.25, 0.3) is 5.69 Å². The largest absolute Gasteiger partial charge is 0.523 e. The van der Waals surface area contributed by atoms with Gasteiger partial charge in [0, 0.05) is 12.1 Å². The molecule has 0 aromatic heterocycles. The zero-order chi connectivity index (χ0) is 17.0. The minimum Gasteiger partial charge on any atom is -0.497 e. The lowest BCUT2D eigenvalue weighted by Crippen LogP contribution is -2.19. The zero-order valence-electron chi connectivity index (χ0n) is 11.9. The highest BCUT2D eigenvalue weighted by Crippen LogP contribution is 2.35. The Hall–Kier alpha value is -2.61. The number of hydrogen-bond donors (Lipinski definition) is 0. The number of alkyl halides is 3. The molecule has 23 heavy (non-hydrogen) atoms. The van der Waals surface area contributed by atoms with Crippen molar-refractivity contribution in [3.63, 3.8) is 0 Å². The van der Waals surface area contributed by atoms with Gasteiger partial charge in [0.15, 0.2) is 0 Å². The molecule has 0 saturated carbocycles. The molecular weight excluding hydrogens is 315 g/mol. The van der Waals surface area contributed by atoms with E-state index in [-0.39, 0.29) is 16.8 Å². The van der Waals surface area contributed by atoms with E-state index in [2.05, 4.69) is 4.74 Å². The number of benzene rings is 2. The highest BCUT2D eigenvalue weighted by atomic mass is 19.4. The number of methoxy groups -OCH3 is 1. The van der Waals surface area contributed by atoms with E-state index in [4.69, 9.17) is 4.74 Å². The zero-order valence-corrected chi connectivity index (χ0v) is 11.9. The molecule has 2 aromatic rings. The summed E-state index contributed by atoms with van der Waals surface area (Å²) in [6, 6.07) is 10.7. The molecule has 5 nitrogen and oxygen atoms in total. The second kappa shape index (κ2) is 6.66. The number of nitrogens with zero attached hydrogens (tertiary/aromatic N) is 1. The van der Waals surface area contributed by atoms with Crippen LogP contribution in [-0.2, 0) is 4.74 Å². The monoisotopic (exact) mass is 327 g/mol. The average molecular weight is 327 g/mol. The van der Waals surface area contributed by atoms with Gasteiger partial charge >= 0.3 is 6.36 Å². The van der Waals surface area contributed by atoms with Crippen molar-refractivity contribution < 1.29 is 27.6 Å². The first kappa shape index (κ1) is 16.8. The fraction of sp³-hybridized carbons (Fsp3) is 0.200. The summed E-state index contributed by atoms with van der Waals surface area (Å²) in [7, 11) is 1.39. The molecule has 2 aromatic carbocycles. The van der Waals surface area contributed by atoms with Crippen LogP contribution < -0.4 is 4.74 Å². The van der Waals surface area contributed by atoms with Gasteiger partial charge in [-0.3, -0.25) is 14.9 Å². The second-order valence-electron chi connectivity index (χ2n) is 4.57. The molecule has 8 heteroatoms. The van der Waals surface area contributed by atoms with E-state index < -0.39 is 17.4 Å². The van der Waals surface area contributed by atoms with E-state index in [0.717, 1.165) is 12.1 Å². The maximum Gasteiger partial charge on any atom is 0.523 e. The quantitative estimate of drug-likeness (QED) is 0.609. The van der Waals surface area contributed by atoms with Gasteiger partial charge in [-0.1, -0.05) is 12.1 Å². The van der Waals surface area contributed by atoms with Crippen molar-refractivity contribution in [1.29, 1.82) is 0 Å². The fourth-order valence-electron chi connectivity index (χ4n) is 2.04. The Labute approximate surface area is 129 Å². The van der Waals surface area contributed by atoms with Gasteiger partial charge in [-0.25, -0.2) is 0 Å². The number of nitro benzene ring substituents is 1. The van der Waals surface area contributed by atoms with Gasteiger partial charge in [0.2, 0.25) is 0 Å². The molecule has 1 atom stereocenters. The molecule has 0 aliphatic heterocycles. The summed E-state index contributed by atoms with van der Waals surface area (Å²) in [6.45, 7) is 0. The number of hydrogen-bond acceptors (Lipinski definition) is 4. The molecule has 0 aliphatic carbocycles. The van der Waals surface area contributed by atoms with Crippen LogP contribution in [0.2, 0.25) is 0 Å². The molecule has 0 heterocycles. The average Bonchev–Trinajstić information content (AvgIpc) is 2.52. The van der Waals surface area contributed by atoms with Crippen molar-refractivity contribution in [3.05, 3.63) is 69.8 Å². The standard InChI is InChI=1S/C15H12F3NO4/c1-22-13-4-2-3-11(9-13)14(23-15(16,17)18)10-5-7-12(8-6-10)19(20)21/h2-9,14H,1H3/t14-/m0/s1. The number of halogens is 3. The molecule has 0 aliphatic rings. The molecule has 0 N–H and O–H groups in total. The summed E-state index contributed by atoms with van der Waals surface area (Å²) < 4.78 is 47.3. The normalized spacial score (nSPS) is 12.7. The lowest BCUT2D eigenvalue weighted by Gasteiger charge is -2.20. The fourth-order valence-corrected chi connectivity index (χ4v) is 2.04. The maximum absolute atomic E-state index is 12.7. The van der Waals surface area contributed by atoms with Crippen LogP contribution in [-0.4, -0.2) is 18.4 Å². The third-order valence-electron chi connectivity index (χ3n) is 3.05. The topological polar surface area (TPSA) is 61.6 Å². The summed E-state index contributed by atoms with van der Waals surface area (Å²) in [6.07, 6.45) is -6.32. The van der Waals surface area contributed by atoms with Crippen LogP contribution in [0.25, 0.3) is 0 Å². The summed E-state index contributed by atoms with van der Waals surface area (Å²) in [5.74, 6) is 0.375. The van der Waals surface area contributed by atoms with Gasteiger partial charge in [0.05, 0.1) is 12.0 Å². The minimum atomic E-state index is -4.87. The molecule has 0 radical (unpaired) electrons. The van der Waals surface area contributed by atoms with Crippen molar-refractivity contribution in [3.8, 4) is 5.75 Å². The van der Waals surface area contributed by atoms with E-state index in [1.54, 1.807) is 6.07 Å². The Morgan fingerprint density at radius 3 is 2.26 bits per heavy atom. The minimum absolute atomic E-state index is 0.140. The summed E-state index contributed by atoms with van der Waals surface area (Å²) in [5, 5.41) is 10.6. The van der Waals surface area contributed by atoms with Crippen molar-refractivity contribution in [2.45, 2.75) is 12.5 Å². The van der Waals surface area contributed by atoms with E-state index in [9.17, 15) is 23.3 Å². The van der Waals surface area contributed by atoms with Crippen molar-refractivity contribution in [2.24, 2.45) is 0 Å². The molecule has 0 bridgehead atoms. The van der Waals surface area contributed by atoms with Gasteiger partial charge < -0.3 is 4.74 Å². The molecule has 122 valence electrons. The van der Waals surface area contributed by atoms with Crippen LogP contribution in [0, 0.1) is 10.1 Å². The molecule has 0 amide bonds. The third-order valence-corrected chi connectivity index (χ3v) is 3.05. The third kappa shape index (κ3) is 4.43. The molecule has 0 unspecified atom stereocenters. The number of ether oxygens (including phenoxy) is 2. The van der Waals surface area contributed by atoms with Gasteiger partial charge in [-0.05, 0) is 35.4 Å². The van der Waals surface area contributed by atoms with Gasteiger partial charge in [-0.15, -0.1) is 13.2 Å². The van der Waals surface area contributed by atoms with Gasteiger partial charge in [0.1, 0.15) is 11.9 Å². The van der Waals surface area contributed by atoms with Crippen LogP contribution >= 0.6 is 0 Å². The van der Waals surface area contributed by atoms with Crippen LogP contribution in [0.3, 0.4) is 0 Å². The predicted octanol–water partition coefficient (Wildman–Crippen LogP) is 4.23. The summed E-state index contributed by atoms with van der Waals surface area (Å²) in [5.41, 5.74) is 0.141. The van der Waals surface area contributed by atoms with Crippen LogP contribution in [0.4, 0.5) is 18.9 Å². The van der Waals surface area contributed by atoms with Gasteiger partial charge in [-0.2, -0.15) is 0 Å². The highest BCUT2D eigenvalue weighted by Gasteiger charge is 2.35. The van der Waals surface area contributed by atoms with Crippen molar-refractivity contribution in [2.75, 3.05) is 7.11 Å².